The Morgan fingerprint density at radius 3 is 2.69 bits per heavy atom. The molecule has 0 N–H and O–H groups in total. The van der Waals surface area contributed by atoms with Crippen LogP contribution < -0.4 is 0 Å². The first kappa shape index (κ1) is 8.16. The molecule has 0 spiro atoms. The monoisotopic (exact) mass is 176 g/mol. The first-order valence-corrected chi connectivity index (χ1v) is 4.23. The van der Waals surface area contributed by atoms with Gasteiger partial charge in [-0.05, 0) is 0 Å². The van der Waals surface area contributed by atoms with E-state index in [1.807, 2.05) is 4.52 Å². The molecular weight excluding hydrogens is 164 g/mol. The summed E-state index contributed by atoms with van der Waals surface area (Å²) in [6.45, 7) is 6.34. The minimum absolute atomic E-state index is 0.0147. The molecule has 0 saturated carbocycles. The van der Waals surface area contributed by atoms with Gasteiger partial charge in [0.15, 0.2) is 0 Å². The van der Waals surface area contributed by atoms with Crippen molar-refractivity contribution < 1.29 is 0 Å². The fraction of sp³-hybridized carbons (Fsp3) is 0.444. The van der Waals surface area contributed by atoms with E-state index in [0.29, 0.717) is 0 Å². The van der Waals surface area contributed by atoms with Crippen molar-refractivity contribution in [2.45, 2.75) is 26.2 Å². The summed E-state index contributed by atoms with van der Waals surface area (Å²) >= 11 is 0. The zero-order chi connectivity index (χ0) is 9.47. The molecule has 2 rings (SSSR count). The first-order chi connectivity index (χ1) is 6.09. The molecule has 4 heteroatoms. The van der Waals surface area contributed by atoms with Crippen LogP contribution in [0.4, 0.5) is 0 Å². The van der Waals surface area contributed by atoms with E-state index in [9.17, 15) is 0 Å². The zero-order valence-corrected chi connectivity index (χ0v) is 8.02. The molecule has 0 aromatic carbocycles. The van der Waals surface area contributed by atoms with E-state index in [-0.39, 0.29) is 5.41 Å². The average Bonchev–Trinajstić information content (AvgIpc) is 2.45. The smallest absolute Gasteiger partial charge is 0.136 e. The van der Waals surface area contributed by atoms with Gasteiger partial charge in [-0.2, -0.15) is 5.10 Å². The van der Waals surface area contributed by atoms with E-state index in [1.54, 1.807) is 12.4 Å². The van der Waals surface area contributed by atoms with Gasteiger partial charge in [0.2, 0.25) is 0 Å². The second kappa shape index (κ2) is 2.52. The molecule has 0 aliphatic rings. The van der Waals surface area contributed by atoms with Gasteiger partial charge in [-0.15, -0.1) is 0 Å². The van der Waals surface area contributed by atoms with Crippen LogP contribution >= 0.6 is 0 Å². The van der Waals surface area contributed by atoms with Gasteiger partial charge in [0.05, 0.1) is 12.4 Å². The molecule has 13 heavy (non-hydrogen) atoms. The van der Waals surface area contributed by atoms with Crippen LogP contribution in [-0.2, 0) is 5.41 Å². The molecule has 68 valence electrons. The SMILES string of the molecule is CC(C)(C)c1ncc2cncnn12. The lowest BCUT2D eigenvalue weighted by atomic mass is 9.96. The van der Waals surface area contributed by atoms with Crippen LogP contribution in [-0.4, -0.2) is 19.6 Å². The molecule has 2 aromatic rings. The normalized spacial score (nSPS) is 12.2. The van der Waals surface area contributed by atoms with Gasteiger partial charge in [0.25, 0.3) is 0 Å². The van der Waals surface area contributed by atoms with Gasteiger partial charge >= 0.3 is 0 Å². The van der Waals surface area contributed by atoms with Crippen molar-refractivity contribution >= 4 is 5.52 Å². The van der Waals surface area contributed by atoms with Crippen molar-refractivity contribution in [1.29, 1.82) is 0 Å². The molecule has 0 saturated heterocycles. The molecular formula is C9H12N4. The minimum Gasteiger partial charge on any atom is -0.241 e. The summed E-state index contributed by atoms with van der Waals surface area (Å²) in [5.74, 6) is 0.963. The van der Waals surface area contributed by atoms with E-state index < -0.39 is 0 Å². The highest BCUT2D eigenvalue weighted by Crippen LogP contribution is 2.20. The third-order valence-electron chi connectivity index (χ3n) is 1.88. The first-order valence-electron chi connectivity index (χ1n) is 4.23. The van der Waals surface area contributed by atoms with Crippen molar-refractivity contribution in [3.63, 3.8) is 0 Å². The van der Waals surface area contributed by atoms with Crippen LogP contribution in [0.25, 0.3) is 5.52 Å². The van der Waals surface area contributed by atoms with Gasteiger partial charge in [-0.3, -0.25) is 0 Å². The molecule has 2 heterocycles. The standard InChI is InChI=1S/C9H12N4/c1-9(2,3)8-11-5-7-4-10-6-12-13(7)8/h4-6H,1-3H3. The quantitative estimate of drug-likeness (QED) is 0.609. The largest absolute Gasteiger partial charge is 0.241 e. The molecule has 0 bridgehead atoms. The number of hydrogen-bond donors (Lipinski definition) is 0. The van der Waals surface area contributed by atoms with Crippen molar-refractivity contribution in [3.05, 3.63) is 24.5 Å². The highest BCUT2D eigenvalue weighted by molar-refractivity contribution is 5.42. The van der Waals surface area contributed by atoms with Gasteiger partial charge in [0.1, 0.15) is 17.7 Å². The molecule has 0 aliphatic carbocycles. The van der Waals surface area contributed by atoms with Crippen molar-refractivity contribution in [3.8, 4) is 0 Å². The van der Waals surface area contributed by atoms with E-state index in [2.05, 4.69) is 35.8 Å². The molecule has 0 radical (unpaired) electrons. The lowest BCUT2D eigenvalue weighted by Crippen LogP contribution is -2.16. The Labute approximate surface area is 76.6 Å². The fourth-order valence-corrected chi connectivity index (χ4v) is 1.27. The molecule has 0 amide bonds. The summed E-state index contributed by atoms with van der Waals surface area (Å²) in [4.78, 5) is 8.26. The van der Waals surface area contributed by atoms with Gasteiger partial charge in [-0.25, -0.2) is 14.5 Å². The summed E-state index contributed by atoms with van der Waals surface area (Å²) in [6, 6.07) is 0. The highest BCUT2D eigenvalue weighted by atomic mass is 15.3. The van der Waals surface area contributed by atoms with E-state index >= 15 is 0 Å². The molecule has 0 atom stereocenters. The van der Waals surface area contributed by atoms with E-state index in [4.69, 9.17) is 0 Å². The molecule has 0 unspecified atom stereocenters. The molecule has 0 fully saturated rings. The van der Waals surface area contributed by atoms with Crippen LogP contribution in [0.5, 0.6) is 0 Å². The number of rotatable bonds is 0. The molecule has 4 nitrogen and oxygen atoms in total. The maximum absolute atomic E-state index is 4.33. The number of aromatic nitrogens is 4. The van der Waals surface area contributed by atoms with Crippen molar-refractivity contribution in [2.24, 2.45) is 0 Å². The summed E-state index contributed by atoms with van der Waals surface area (Å²) in [7, 11) is 0. The van der Waals surface area contributed by atoms with E-state index in [1.165, 1.54) is 6.33 Å². The fourth-order valence-electron chi connectivity index (χ4n) is 1.27. The lowest BCUT2D eigenvalue weighted by Gasteiger charge is -2.15. The summed E-state index contributed by atoms with van der Waals surface area (Å²) < 4.78 is 1.83. The predicted octanol–water partition coefficient (Wildman–Crippen LogP) is 1.42. The Morgan fingerprint density at radius 1 is 1.23 bits per heavy atom. The molecule has 0 aliphatic heterocycles. The Kier molecular flexibility index (Phi) is 1.58. The topological polar surface area (TPSA) is 43.1 Å². The highest BCUT2D eigenvalue weighted by Gasteiger charge is 2.19. The second-order valence-electron chi connectivity index (χ2n) is 4.08. The lowest BCUT2D eigenvalue weighted by molar-refractivity contribution is 0.529. The zero-order valence-electron chi connectivity index (χ0n) is 8.02. The van der Waals surface area contributed by atoms with Crippen LogP contribution in [0.1, 0.15) is 26.6 Å². The average molecular weight is 176 g/mol. The molecule has 2 aromatic heterocycles. The van der Waals surface area contributed by atoms with Crippen molar-refractivity contribution in [1.82, 2.24) is 19.6 Å². The van der Waals surface area contributed by atoms with Crippen molar-refractivity contribution in [2.75, 3.05) is 0 Å². The maximum Gasteiger partial charge on any atom is 0.136 e. The third kappa shape index (κ3) is 1.28. The van der Waals surface area contributed by atoms with Crippen LogP contribution in [0.2, 0.25) is 0 Å². The Bertz CT molecular complexity index is 424. The summed E-state index contributed by atoms with van der Waals surface area (Å²) in [5, 5.41) is 4.15. The van der Waals surface area contributed by atoms with E-state index in [0.717, 1.165) is 11.3 Å². The van der Waals surface area contributed by atoms with Gasteiger partial charge in [0, 0.05) is 5.41 Å². The summed E-state index contributed by atoms with van der Waals surface area (Å²) in [6.07, 6.45) is 5.08. The Balaban J connectivity index is 2.72. The number of nitrogens with zero attached hydrogens (tertiary/aromatic N) is 4. The second-order valence-corrected chi connectivity index (χ2v) is 4.08. The number of hydrogen-bond acceptors (Lipinski definition) is 3. The third-order valence-corrected chi connectivity index (χ3v) is 1.88. The maximum atomic E-state index is 4.33. The minimum atomic E-state index is 0.0147. The summed E-state index contributed by atoms with van der Waals surface area (Å²) in [5.41, 5.74) is 0.952. The van der Waals surface area contributed by atoms with Crippen LogP contribution in [0.15, 0.2) is 18.7 Å². The number of fused-ring (bicyclic) bond motifs is 1. The van der Waals surface area contributed by atoms with Crippen LogP contribution in [0.3, 0.4) is 0 Å². The van der Waals surface area contributed by atoms with Crippen LogP contribution in [0, 0.1) is 0 Å². The Morgan fingerprint density at radius 2 is 2.00 bits per heavy atom. The predicted molar refractivity (Wildman–Crippen MR) is 49.5 cm³/mol. The van der Waals surface area contributed by atoms with Gasteiger partial charge < -0.3 is 0 Å². The number of imidazole rings is 1. The van der Waals surface area contributed by atoms with Gasteiger partial charge in [-0.1, -0.05) is 20.8 Å². The Hall–Kier alpha value is -1.45.